The highest BCUT2D eigenvalue weighted by molar-refractivity contribution is 7.89. The second-order valence-electron chi connectivity index (χ2n) is 5.54. The summed E-state index contributed by atoms with van der Waals surface area (Å²) in [6, 6.07) is 5.49. The van der Waals surface area contributed by atoms with E-state index >= 15 is 0 Å². The predicted molar refractivity (Wildman–Crippen MR) is 83.5 cm³/mol. The molecular weight excluding hydrogens is 320 g/mol. The molecule has 1 saturated carbocycles. The van der Waals surface area contributed by atoms with Crippen LogP contribution in [0.25, 0.3) is 0 Å². The van der Waals surface area contributed by atoms with Crippen LogP contribution in [0.4, 0.5) is 0 Å². The van der Waals surface area contributed by atoms with Gasteiger partial charge in [-0.3, -0.25) is 9.59 Å². The Balaban J connectivity index is 2.00. The van der Waals surface area contributed by atoms with Crippen LogP contribution in [0.5, 0.6) is 0 Å². The van der Waals surface area contributed by atoms with E-state index in [0.29, 0.717) is 24.8 Å². The van der Waals surface area contributed by atoms with Crippen molar-refractivity contribution in [2.45, 2.75) is 37.1 Å². The topological polar surface area (TPSA) is 113 Å². The third kappa shape index (κ3) is 4.29. The number of nitrogens with one attached hydrogen (secondary N) is 2. The van der Waals surface area contributed by atoms with Gasteiger partial charge in [-0.2, -0.15) is 0 Å². The van der Waals surface area contributed by atoms with Gasteiger partial charge >= 0.3 is 5.97 Å². The highest BCUT2D eigenvalue weighted by atomic mass is 32.2. The standard InChI is InChI=1S/C15H20N2O5S/c1-2-16-23(21,22)13-7-4-10(5-8-13)14(18)17-12-6-3-11(9-12)15(19)20/h4-5,7-8,11-12,16H,2-3,6,9H2,1H3,(H,17,18)(H,19,20)/t11-,12+/m0/s1. The van der Waals surface area contributed by atoms with Gasteiger partial charge in [-0.1, -0.05) is 6.92 Å². The molecule has 0 aromatic heterocycles. The molecule has 0 radical (unpaired) electrons. The number of hydrogen-bond donors (Lipinski definition) is 3. The Hall–Kier alpha value is -1.93. The Labute approximate surface area is 135 Å². The average molecular weight is 340 g/mol. The fraction of sp³-hybridized carbons (Fsp3) is 0.467. The smallest absolute Gasteiger partial charge is 0.306 e. The van der Waals surface area contributed by atoms with E-state index in [1.54, 1.807) is 6.92 Å². The minimum atomic E-state index is -3.54. The fourth-order valence-corrected chi connectivity index (χ4v) is 3.71. The van der Waals surface area contributed by atoms with Gasteiger partial charge in [0.1, 0.15) is 0 Å². The largest absolute Gasteiger partial charge is 0.481 e. The van der Waals surface area contributed by atoms with Crippen molar-refractivity contribution in [3.63, 3.8) is 0 Å². The van der Waals surface area contributed by atoms with Crippen molar-refractivity contribution >= 4 is 21.9 Å². The number of carboxylic acids is 1. The maximum atomic E-state index is 12.1. The Morgan fingerprint density at radius 2 is 1.87 bits per heavy atom. The van der Waals surface area contributed by atoms with Gasteiger partial charge in [0.15, 0.2) is 0 Å². The van der Waals surface area contributed by atoms with Crippen LogP contribution in [0, 0.1) is 5.92 Å². The van der Waals surface area contributed by atoms with Gasteiger partial charge in [0, 0.05) is 18.2 Å². The molecule has 1 aromatic carbocycles. The third-order valence-electron chi connectivity index (χ3n) is 3.88. The quantitative estimate of drug-likeness (QED) is 0.714. The van der Waals surface area contributed by atoms with Crippen LogP contribution in [-0.4, -0.2) is 38.0 Å². The molecule has 2 atom stereocenters. The molecular formula is C15H20N2O5S. The summed E-state index contributed by atoms with van der Waals surface area (Å²) < 4.78 is 26.0. The third-order valence-corrected chi connectivity index (χ3v) is 5.44. The summed E-state index contributed by atoms with van der Waals surface area (Å²) in [6.07, 6.45) is 1.61. The Bertz CT molecular complexity index is 684. The predicted octanol–water partition coefficient (Wildman–Crippen LogP) is 0.968. The maximum absolute atomic E-state index is 12.1. The molecule has 1 aromatic rings. The molecule has 1 aliphatic carbocycles. The zero-order valence-electron chi connectivity index (χ0n) is 12.8. The zero-order valence-corrected chi connectivity index (χ0v) is 13.6. The van der Waals surface area contributed by atoms with Gasteiger partial charge in [-0.15, -0.1) is 0 Å². The molecule has 0 heterocycles. The number of carbonyl (C=O) groups excluding carboxylic acids is 1. The molecule has 126 valence electrons. The minimum absolute atomic E-state index is 0.0997. The molecule has 0 spiro atoms. The molecule has 2 rings (SSSR count). The fourth-order valence-electron chi connectivity index (χ4n) is 2.66. The van der Waals surface area contributed by atoms with Gasteiger partial charge < -0.3 is 10.4 Å². The van der Waals surface area contributed by atoms with E-state index in [1.165, 1.54) is 24.3 Å². The molecule has 8 heteroatoms. The summed E-state index contributed by atoms with van der Waals surface area (Å²) in [5, 5.41) is 11.8. The molecule has 3 N–H and O–H groups in total. The molecule has 0 saturated heterocycles. The number of carbonyl (C=O) groups is 2. The molecule has 1 amide bonds. The number of amides is 1. The highest BCUT2D eigenvalue weighted by Crippen LogP contribution is 2.25. The Morgan fingerprint density at radius 1 is 1.22 bits per heavy atom. The van der Waals surface area contributed by atoms with Crippen molar-refractivity contribution < 1.29 is 23.1 Å². The Kier molecular flexibility index (Phi) is 5.38. The second-order valence-corrected chi connectivity index (χ2v) is 7.31. The lowest BCUT2D eigenvalue weighted by Crippen LogP contribution is -2.33. The zero-order chi connectivity index (χ0) is 17.0. The number of hydrogen-bond acceptors (Lipinski definition) is 4. The lowest BCUT2D eigenvalue weighted by Gasteiger charge is -2.12. The second kappa shape index (κ2) is 7.10. The molecule has 0 bridgehead atoms. The SMILES string of the molecule is CCNS(=O)(=O)c1ccc(C(=O)N[C@@H]2CC[C@H](C(=O)O)C2)cc1. The van der Waals surface area contributed by atoms with E-state index in [2.05, 4.69) is 10.0 Å². The van der Waals surface area contributed by atoms with Gasteiger partial charge in [-0.05, 0) is 43.5 Å². The first-order chi connectivity index (χ1) is 10.8. The van der Waals surface area contributed by atoms with Crippen molar-refractivity contribution in [2.75, 3.05) is 6.54 Å². The van der Waals surface area contributed by atoms with Crippen molar-refractivity contribution in [3.05, 3.63) is 29.8 Å². The van der Waals surface area contributed by atoms with Crippen LogP contribution in [0.1, 0.15) is 36.5 Å². The van der Waals surface area contributed by atoms with Crippen LogP contribution in [-0.2, 0) is 14.8 Å². The first-order valence-corrected chi connectivity index (χ1v) is 8.95. The van der Waals surface area contributed by atoms with E-state index in [9.17, 15) is 18.0 Å². The number of benzene rings is 1. The van der Waals surface area contributed by atoms with E-state index in [1.807, 2.05) is 0 Å². The monoisotopic (exact) mass is 340 g/mol. The van der Waals surface area contributed by atoms with Crippen LogP contribution < -0.4 is 10.0 Å². The van der Waals surface area contributed by atoms with Crippen LogP contribution in [0.3, 0.4) is 0 Å². The molecule has 7 nitrogen and oxygen atoms in total. The van der Waals surface area contributed by atoms with Gasteiger partial charge in [0.05, 0.1) is 10.8 Å². The average Bonchev–Trinajstić information content (AvgIpc) is 2.96. The number of rotatable bonds is 6. The number of carboxylic acid groups (broad SMARTS) is 1. The lowest BCUT2D eigenvalue weighted by atomic mass is 10.1. The Morgan fingerprint density at radius 3 is 2.39 bits per heavy atom. The van der Waals surface area contributed by atoms with E-state index in [0.717, 1.165) is 0 Å². The van der Waals surface area contributed by atoms with Crippen LogP contribution >= 0.6 is 0 Å². The van der Waals surface area contributed by atoms with Crippen LogP contribution in [0.2, 0.25) is 0 Å². The van der Waals surface area contributed by atoms with Gasteiger partial charge in [0.2, 0.25) is 10.0 Å². The highest BCUT2D eigenvalue weighted by Gasteiger charge is 2.30. The molecule has 0 aliphatic heterocycles. The number of sulfonamides is 1. The summed E-state index contributed by atoms with van der Waals surface area (Å²) in [4.78, 5) is 23.2. The van der Waals surface area contributed by atoms with E-state index in [-0.39, 0.29) is 23.4 Å². The summed E-state index contributed by atoms with van der Waals surface area (Å²) in [7, 11) is -3.54. The summed E-state index contributed by atoms with van der Waals surface area (Å²) >= 11 is 0. The van der Waals surface area contributed by atoms with Crippen LogP contribution in [0.15, 0.2) is 29.2 Å². The molecule has 1 fully saturated rings. The summed E-state index contributed by atoms with van der Waals surface area (Å²) in [6.45, 7) is 1.97. The number of aliphatic carboxylic acids is 1. The van der Waals surface area contributed by atoms with Crippen molar-refractivity contribution in [3.8, 4) is 0 Å². The van der Waals surface area contributed by atoms with Crippen molar-refractivity contribution in [1.82, 2.24) is 10.0 Å². The maximum Gasteiger partial charge on any atom is 0.306 e. The molecule has 23 heavy (non-hydrogen) atoms. The van der Waals surface area contributed by atoms with Crippen molar-refractivity contribution in [1.29, 1.82) is 0 Å². The van der Waals surface area contributed by atoms with Crippen molar-refractivity contribution in [2.24, 2.45) is 5.92 Å². The molecule has 0 unspecified atom stereocenters. The molecule has 1 aliphatic rings. The van der Waals surface area contributed by atoms with Gasteiger partial charge in [-0.25, -0.2) is 13.1 Å². The van der Waals surface area contributed by atoms with E-state index in [4.69, 9.17) is 5.11 Å². The summed E-state index contributed by atoms with van der Waals surface area (Å²) in [5.74, 6) is -1.57. The lowest BCUT2D eigenvalue weighted by molar-refractivity contribution is -0.141. The first-order valence-electron chi connectivity index (χ1n) is 7.47. The van der Waals surface area contributed by atoms with E-state index < -0.39 is 21.9 Å². The first kappa shape index (κ1) is 17.4. The summed E-state index contributed by atoms with van der Waals surface area (Å²) in [5.41, 5.74) is 0.347. The minimum Gasteiger partial charge on any atom is -0.481 e. The van der Waals surface area contributed by atoms with Gasteiger partial charge in [0.25, 0.3) is 5.91 Å². The normalized spacial score (nSPS) is 21.1.